The number of ketones is 1. The van der Waals surface area contributed by atoms with E-state index in [0.717, 1.165) is 24.1 Å². The number of aliphatic hydroxyl groups is 1. The predicted octanol–water partition coefficient (Wildman–Crippen LogP) is 2.60. The number of likely N-dealkylation sites (tertiary alicyclic amines) is 1. The average molecular weight is 414 g/mol. The average Bonchev–Trinajstić information content (AvgIpc) is 2.93. The summed E-state index contributed by atoms with van der Waals surface area (Å²) >= 11 is 5.94. The van der Waals surface area contributed by atoms with Crippen LogP contribution in [0.15, 0.2) is 54.1 Å². The number of benzene rings is 2. The molecule has 0 aromatic heterocycles. The number of nitrogens with zero attached hydrogens (tertiary/aromatic N) is 1. The molecule has 0 unspecified atom stereocenters. The molecule has 6 heteroatoms. The number of aryl methyl sites for hydroxylation is 1. The second-order valence-electron chi connectivity index (χ2n) is 7.72. The molecule has 5 nitrogen and oxygen atoms in total. The van der Waals surface area contributed by atoms with Gasteiger partial charge in [-0.1, -0.05) is 41.4 Å². The quantitative estimate of drug-likeness (QED) is 0.434. The van der Waals surface area contributed by atoms with E-state index in [4.69, 9.17) is 11.6 Å². The van der Waals surface area contributed by atoms with E-state index in [9.17, 15) is 14.7 Å². The van der Waals surface area contributed by atoms with Gasteiger partial charge in [0.25, 0.3) is 11.7 Å². The van der Waals surface area contributed by atoms with Gasteiger partial charge in [0.05, 0.1) is 32.3 Å². The zero-order valence-electron chi connectivity index (χ0n) is 16.9. The van der Waals surface area contributed by atoms with Gasteiger partial charge in [0.1, 0.15) is 5.76 Å². The summed E-state index contributed by atoms with van der Waals surface area (Å²) in [4.78, 5) is 28.6. The van der Waals surface area contributed by atoms with Gasteiger partial charge in [0, 0.05) is 23.6 Å². The Labute approximate surface area is 176 Å². The number of hydrogen-bond donors (Lipinski definition) is 2. The number of amides is 1. The fourth-order valence-corrected chi connectivity index (χ4v) is 3.70. The Morgan fingerprint density at radius 2 is 1.69 bits per heavy atom. The highest BCUT2D eigenvalue weighted by Crippen LogP contribution is 2.39. The summed E-state index contributed by atoms with van der Waals surface area (Å²) in [5.41, 5.74) is 2.47. The minimum atomic E-state index is -0.653. The zero-order valence-corrected chi connectivity index (χ0v) is 17.7. The summed E-state index contributed by atoms with van der Waals surface area (Å²) in [6, 6.07) is 13.7. The normalized spacial score (nSPS) is 18.7. The molecule has 0 spiro atoms. The molecule has 2 aromatic rings. The van der Waals surface area contributed by atoms with Crippen LogP contribution in [0.2, 0.25) is 5.02 Å². The van der Waals surface area contributed by atoms with Crippen molar-refractivity contribution in [2.75, 3.05) is 27.2 Å². The first-order chi connectivity index (χ1) is 13.8. The van der Waals surface area contributed by atoms with E-state index in [1.165, 1.54) is 4.90 Å². The van der Waals surface area contributed by atoms with Crippen LogP contribution in [-0.2, 0) is 9.59 Å². The molecule has 0 bridgehead atoms. The molecule has 1 atom stereocenters. The highest BCUT2D eigenvalue weighted by atomic mass is 35.5. The minimum Gasteiger partial charge on any atom is -0.507 e. The molecular weight excluding hydrogens is 388 g/mol. The van der Waals surface area contributed by atoms with Crippen LogP contribution in [-0.4, -0.2) is 48.9 Å². The number of carbonyl (C=O) groups is 2. The standard InChI is InChI=1S/C23H25ClN2O3/c1-15-5-7-16(8-6-15)20-19(21(27)17-9-11-18(24)12-10-17)22(28)23(29)26(20)14-4-13-25(2)3/h5-12,20,27H,4,13-14H2,1-3H3/p+1/t20-/m0/s1. The molecule has 2 aromatic carbocycles. The molecule has 1 saturated heterocycles. The number of hydrogen-bond acceptors (Lipinski definition) is 3. The Kier molecular flexibility index (Phi) is 6.40. The van der Waals surface area contributed by atoms with Crippen molar-refractivity contribution >= 4 is 29.1 Å². The maximum absolute atomic E-state index is 12.9. The van der Waals surface area contributed by atoms with Crippen molar-refractivity contribution in [1.82, 2.24) is 4.90 Å². The van der Waals surface area contributed by atoms with E-state index in [1.54, 1.807) is 29.2 Å². The molecular formula is C23H26ClN2O3+. The Balaban J connectivity index is 2.07. The van der Waals surface area contributed by atoms with Gasteiger partial charge in [0.2, 0.25) is 0 Å². The van der Waals surface area contributed by atoms with Gasteiger partial charge in [-0.05, 0) is 36.8 Å². The summed E-state index contributed by atoms with van der Waals surface area (Å²) in [6.07, 6.45) is 0.763. The van der Waals surface area contributed by atoms with Crippen molar-refractivity contribution in [3.8, 4) is 0 Å². The van der Waals surface area contributed by atoms with Crippen LogP contribution in [0.3, 0.4) is 0 Å². The predicted molar refractivity (Wildman–Crippen MR) is 114 cm³/mol. The van der Waals surface area contributed by atoms with Crippen molar-refractivity contribution < 1.29 is 19.6 Å². The highest BCUT2D eigenvalue weighted by Gasteiger charge is 2.45. The van der Waals surface area contributed by atoms with Crippen molar-refractivity contribution in [2.45, 2.75) is 19.4 Å². The summed E-state index contributed by atoms with van der Waals surface area (Å²) in [5, 5.41) is 11.5. The van der Waals surface area contributed by atoms with Gasteiger partial charge in [0.15, 0.2) is 0 Å². The number of aliphatic hydroxyl groups excluding tert-OH is 1. The monoisotopic (exact) mass is 413 g/mol. The van der Waals surface area contributed by atoms with Gasteiger partial charge in [-0.25, -0.2) is 0 Å². The summed E-state index contributed by atoms with van der Waals surface area (Å²) in [5.74, 6) is -1.40. The number of Topliss-reactive ketones (excluding diaryl/α,β-unsaturated/α-hetero) is 1. The Hall–Kier alpha value is -2.63. The second kappa shape index (κ2) is 8.80. The van der Waals surface area contributed by atoms with Crippen LogP contribution in [0.1, 0.15) is 29.2 Å². The molecule has 0 saturated carbocycles. The molecule has 29 heavy (non-hydrogen) atoms. The maximum atomic E-state index is 12.9. The number of halogens is 1. The lowest BCUT2D eigenvalue weighted by Gasteiger charge is -2.25. The molecule has 1 heterocycles. The van der Waals surface area contributed by atoms with Crippen LogP contribution in [0.4, 0.5) is 0 Å². The molecule has 1 aliphatic rings. The van der Waals surface area contributed by atoms with Crippen LogP contribution in [0, 0.1) is 6.92 Å². The van der Waals surface area contributed by atoms with Crippen LogP contribution in [0.5, 0.6) is 0 Å². The van der Waals surface area contributed by atoms with Gasteiger partial charge >= 0.3 is 0 Å². The van der Waals surface area contributed by atoms with Gasteiger partial charge in [-0.15, -0.1) is 0 Å². The molecule has 1 fully saturated rings. The zero-order chi connectivity index (χ0) is 21.1. The van der Waals surface area contributed by atoms with E-state index in [2.05, 4.69) is 0 Å². The van der Waals surface area contributed by atoms with E-state index in [-0.39, 0.29) is 11.3 Å². The fourth-order valence-electron chi connectivity index (χ4n) is 3.57. The summed E-state index contributed by atoms with van der Waals surface area (Å²) < 4.78 is 0. The largest absolute Gasteiger partial charge is 0.507 e. The van der Waals surface area contributed by atoms with Crippen molar-refractivity contribution in [3.63, 3.8) is 0 Å². The first-order valence-electron chi connectivity index (χ1n) is 9.69. The van der Waals surface area contributed by atoms with Crippen LogP contribution < -0.4 is 4.90 Å². The Morgan fingerprint density at radius 3 is 2.28 bits per heavy atom. The van der Waals surface area contributed by atoms with Crippen molar-refractivity contribution in [1.29, 1.82) is 0 Å². The molecule has 0 radical (unpaired) electrons. The van der Waals surface area contributed by atoms with Crippen LogP contribution >= 0.6 is 11.6 Å². The second-order valence-corrected chi connectivity index (χ2v) is 8.16. The molecule has 1 aliphatic heterocycles. The molecule has 2 N–H and O–H groups in total. The number of rotatable bonds is 6. The summed E-state index contributed by atoms with van der Waals surface area (Å²) in [7, 11) is 4.10. The van der Waals surface area contributed by atoms with E-state index in [0.29, 0.717) is 17.1 Å². The van der Waals surface area contributed by atoms with E-state index >= 15 is 0 Å². The van der Waals surface area contributed by atoms with Crippen molar-refractivity contribution in [2.24, 2.45) is 0 Å². The topological polar surface area (TPSA) is 62.0 Å². The lowest BCUT2D eigenvalue weighted by Crippen LogP contribution is -3.05. The number of quaternary nitrogens is 1. The molecule has 152 valence electrons. The third kappa shape index (κ3) is 4.52. The number of nitrogens with one attached hydrogen (secondary N) is 1. The lowest BCUT2D eigenvalue weighted by atomic mass is 9.94. The maximum Gasteiger partial charge on any atom is 0.295 e. The lowest BCUT2D eigenvalue weighted by molar-refractivity contribution is -0.858. The smallest absolute Gasteiger partial charge is 0.295 e. The fraction of sp³-hybridized carbons (Fsp3) is 0.304. The third-order valence-corrected chi connectivity index (χ3v) is 5.38. The molecule has 1 amide bonds. The third-order valence-electron chi connectivity index (χ3n) is 5.13. The van der Waals surface area contributed by atoms with Crippen LogP contribution in [0.25, 0.3) is 5.76 Å². The molecule has 3 rings (SSSR count). The first-order valence-corrected chi connectivity index (χ1v) is 10.1. The Morgan fingerprint density at radius 1 is 1.07 bits per heavy atom. The highest BCUT2D eigenvalue weighted by molar-refractivity contribution is 6.46. The SMILES string of the molecule is Cc1ccc([C@H]2C(=C(O)c3ccc(Cl)cc3)C(=O)C(=O)N2CCC[NH+](C)C)cc1. The van der Waals surface area contributed by atoms with E-state index in [1.807, 2.05) is 45.3 Å². The van der Waals surface area contributed by atoms with Gasteiger partial charge < -0.3 is 14.9 Å². The minimum absolute atomic E-state index is 0.123. The van der Waals surface area contributed by atoms with Crippen molar-refractivity contribution in [3.05, 3.63) is 75.8 Å². The van der Waals surface area contributed by atoms with Gasteiger partial charge in [-0.3, -0.25) is 9.59 Å². The summed E-state index contributed by atoms with van der Waals surface area (Å²) in [6.45, 7) is 3.31. The van der Waals surface area contributed by atoms with Gasteiger partial charge in [-0.2, -0.15) is 0 Å². The molecule has 0 aliphatic carbocycles. The number of carbonyl (C=O) groups excluding carboxylic acids is 2. The Bertz CT molecular complexity index is 934. The first kappa shape index (κ1) is 21.1. The van der Waals surface area contributed by atoms with E-state index < -0.39 is 17.7 Å².